The maximum Gasteiger partial charge on any atom is 0.337 e. The highest BCUT2D eigenvalue weighted by molar-refractivity contribution is 5.96. The molecule has 0 aliphatic heterocycles. The Bertz CT molecular complexity index is 515. The molecule has 0 unspecified atom stereocenters. The number of amides is 1. The summed E-state index contributed by atoms with van der Waals surface area (Å²) in [5, 5.41) is 11.7. The van der Waals surface area contributed by atoms with Crippen LogP contribution in [0.25, 0.3) is 0 Å². The van der Waals surface area contributed by atoms with Gasteiger partial charge in [-0.2, -0.15) is 0 Å². The lowest BCUT2D eigenvalue weighted by atomic mass is 10.1. The van der Waals surface area contributed by atoms with Crippen molar-refractivity contribution in [3.63, 3.8) is 0 Å². The number of nitrogens with zero attached hydrogens (tertiary/aromatic N) is 1. The molecular weight excluding hydrogens is 258 g/mol. The Balaban J connectivity index is 3.19. The van der Waals surface area contributed by atoms with E-state index >= 15 is 0 Å². The normalized spacial score (nSPS) is 10.2. The van der Waals surface area contributed by atoms with Crippen molar-refractivity contribution in [2.75, 3.05) is 30.8 Å². The van der Waals surface area contributed by atoms with Crippen LogP contribution in [0, 0.1) is 6.92 Å². The van der Waals surface area contributed by atoms with E-state index in [4.69, 9.17) is 5.73 Å². The van der Waals surface area contributed by atoms with Crippen LogP contribution in [0.4, 0.5) is 11.4 Å². The van der Waals surface area contributed by atoms with Gasteiger partial charge >= 0.3 is 5.97 Å². The minimum absolute atomic E-state index is 0.0676. The van der Waals surface area contributed by atoms with E-state index in [2.05, 4.69) is 5.32 Å². The second-order valence-electron chi connectivity index (χ2n) is 4.62. The van der Waals surface area contributed by atoms with E-state index in [-0.39, 0.29) is 23.7 Å². The first-order chi connectivity index (χ1) is 9.40. The standard InChI is InChI=1S/C14H21N3O3/c1-4-5-17(8-12(18)16-3)10-6-9(2)13(15)11(7-10)14(19)20/h6-7H,4-5,8,15H2,1-3H3,(H,16,18)(H,19,20). The third-order valence-electron chi connectivity index (χ3n) is 3.07. The van der Waals surface area contributed by atoms with Gasteiger partial charge in [0.25, 0.3) is 0 Å². The zero-order valence-electron chi connectivity index (χ0n) is 12.1. The first-order valence-electron chi connectivity index (χ1n) is 6.49. The van der Waals surface area contributed by atoms with Crippen molar-refractivity contribution < 1.29 is 14.7 Å². The number of benzene rings is 1. The molecule has 110 valence electrons. The number of nitrogens with one attached hydrogen (secondary N) is 1. The number of rotatable bonds is 6. The van der Waals surface area contributed by atoms with Crippen molar-refractivity contribution >= 4 is 23.3 Å². The van der Waals surface area contributed by atoms with Crippen molar-refractivity contribution in [2.45, 2.75) is 20.3 Å². The summed E-state index contributed by atoms with van der Waals surface area (Å²) in [6, 6.07) is 3.32. The number of hydrogen-bond donors (Lipinski definition) is 3. The minimum atomic E-state index is -1.07. The topological polar surface area (TPSA) is 95.7 Å². The highest BCUT2D eigenvalue weighted by Crippen LogP contribution is 2.25. The third kappa shape index (κ3) is 3.63. The van der Waals surface area contributed by atoms with Gasteiger partial charge in [-0.05, 0) is 31.0 Å². The molecule has 0 saturated carbocycles. The monoisotopic (exact) mass is 279 g/mol. The molecule has 0 saturated heterocycles. The molecule has 0 aliphatic carbocycles. The van der Waals surface area contributed by atoms with Gasteiger partial charge in [0.2, 0.25) is 5.91 Å². The molecule has 20 heavy (non-hydrogen) atoms. The second-order valence-corrected chi connectivity index (χ2v) is 4.62. The molecule has 0 fully saturated rings. The number of likely N-dealkylation sites (N-methyl/N-ethyl adjacent to an activating group) is 1. The van der Waals surface area contributed by atoms with Gasteiger partial charge < -0.3 is 21.1 Å². The quantitative estimate of drug-likeness (QED) is 0.681. The fraction of sp³-hybridized carbons (Fsp3) is 0.429. The smallest absolute Gasteiger partial charge is 0.337 e. The Morgan fingerprint density at radius 2 is 2.05 bits per heavy atom. The number of carbonyl (C=O) groups excluding carboxylic acids is 1. The van der Waals surface area contributed by atoms with E-state index in [0.29, 0.717) is 17.8 Å². The molecule has 0 heterocycles. The summed E-state index contributed by atoms with van der Waals surface area (Å²) >= 11 is 0. The van der Waals surface area contributed by atoms with Gasteiger partial charge in [0.05, 0.1) is 12.1 Å². The van der Waals surface area contributed by atoms with Crippen molar-refractivity contribution in [1.29, 1.82) is 0 Å². The van der Waals surface area contributed by atoms with Crippen LogP contribution < -0.4 is 16.0 Å². The molecule has 6 heteroatoms. The molecule has 0 aliphatic rings. The summed E-state index contributed by atoms with van der Waals surface area (Å²) < 4.78 is 0. The predicted octanol–water partition coefficient (Wildman–Crippen LogP) is 1.24. The minimum Gasteiger partial charge on any atom is -0.478 e. The lowest BCUT2D eigenvalue weighted by molar-refractivity contribution is -0.119. The fourth-order valence-corrected chi connectivity index (χ4v) is 1.96. The van der Waals surface area contributed by atoms with Gasteiger partial charge in [-0.1, -0.05) is 6.92 Å². The summed E-state index contributed by atoms with van der Waals surface area (Å²) in [5.74, 6) is -1.19. The van der Waals surface area contributed by atoms with Crippen molar-refractivity contribution in [2.24, 2.45) is 0 Å². The van der Waals surface area contributed by atoms with Gasteiger partial charge in [0.1, 0.15) is 0 Å². The molecule has 0 radical (unpaired) electrons. The summed E-state index contributed by atoms with van der Waals surface area (Å²) in [7, 11) is 1.57. The maximum atomic E-state index is 11.5. The third-order valence-corrected chi connectivity index (χ3v) is 3.07. The number of aromatic carboxylic acids is 1. The number of anilines is 2. The van der Waals surface area contributed by atoms with E-state index in [9.17, 15) is 14.7 Å². The predicted molar refractivity (Wildman–Crippen MR) is 79.1 cm³/mol. The summed E-state index contributed by atoms with van der Waals surface area (Å²) in [4.78, 5) is 24.6. The van der Waals surface area contributed by atoms with Crippen molar-refractivity contribution in [1.82, 2.24) is 5.32 Å². The summed E-state index contributed by atoms with van der Waals surface area (Å²) in [5.41, 5.74) is 7.49. The van der Waals surface area contributed by atoms with Crippen LogP contribution in [0.3, 0.4) is 0 Å². The van der Waals surface area contributed by atoms with Gasteiger partial charge in [-0.3, -0.25) is 4.79 Å². The van der Waals surface area contributed by atoms with Crippen LogP contribution in [-0.2, 0) is 4.79 Å². The number of nitrogens with two attached hydrogens (primary N) is 1. The Hall–Kier alpha value is -2.24. The molecule has 0 atom stereocenters. The lowest BCUT2D eigenvalue weighted by Crippen LogP contribution is -2.36. The molecule has 4 N–H and O–H groups in total. The average molecular weight is 279 g/mol. The van der Waals surface area contributed by atoms with E-state index in [1.54, 1.807) is 20.0 Å². The number of carbonyl (C=O) groups is 2. The van der Waals surface area contributed by atoms with Gasteiger partial charge in [-0.15, -0.1) is 0 Å². The number of carboxylic acid groups (broad SMARTS) is 1. The number of nitrogen functional groups attached to an aromatic ring is 1. The summed E-state index contributed by atoms with van der Waals surface area (Å²) in [6.45, 7) is 4.61. The molecule has 1 rings (SSSR count). The number of carboxylic acids is 1. The van der Waals surface area contributed by atoms with E-state index < -0.39 is 5.97 Å². The Labute approximate surface area is 118 Å². The molecule has 0 aromatic heterocycles. The Morgan fingerprint density at radius 1 is 1.40 bits per heavy atom. The zero-order valence-corrected chi connectivity index (χ0v) is 12.1. The zero-order chi connectivity index (χ0) is 15.3. The van der Waals surface area contributed by atoms with E-state index in [1.807, 2.05) is 11.8 Å². The van der Waals surface area contributed by atoms with Crippen LogP contribution in [0.2, 0.25) is 0 Å². The molecule has 0 spiro atoms. The molecule has 1 aromatic rings. The molecule has 6 nitrogen and oxygen atoms in total. The van der Waals surface area contributed by atoms with Crippen LogP contribution in [0.1, 0.15) is 29.3 Å². The van der Waals surface area contributed by atoms with Gasteiger partial charge in [-0.25, -0.2) is 4.79 Å². The van der Waals surface area contributed by atoms with Crippen molar-refractivity contribution in [3.8, 4) is 0 Å². The first-order valence-corrected chi connectivity index (χ1v) is 6.49. The van der Waals surface area contributed by atoms with Crippen molar-refractivity contribution in [3.05, 3.63) is 23.3 Å². The molecule has 0 bridgehead atoms. The Morgan fingerprint density at radius 3 is 2.55 bits per heavy atom. The Kier molecular flexibility index (Phi) is 5.37. The maximum absolute atomic E-state index is 11.5. The SMILES string of the molecule is CCCN(CC(=O)NC)c1cc(C)c(N)c(C(=O)O)c1. The molecule has 1 aromatic carbocycles. The molecule has 1 amide bonds. The molecular formula is C14H21N3O3. The summed E-state index contributed by atoms with van der Waals surface area (Å²) in [6.07, 6.45) is 0.850. The van der Waals surface area contributed by atoms with Crippen LogP contribution in [0.15, 0.2) is 12.1 Å². The number of aryl methyl sites for hydroxylation is 1. The highest BCUT2D eigenvalue weighted by atomic mass is 16.4. The van der Waals surface area contributed by atoms with Crippen LogP contribution in [-0.4, -0.2) is 37.1 Å². The van der Waals surface area contributed by atoms with E-state index in [0.717, 1.165) is 6.42 Å². The van der Waals surface area contributed by atoms with E-state index in [1.165, 1.54) is 6.07 Å². The largest absolute Gasteiger partial charge is 0.478 e. The van der Waals surface area contributed by atoms with Gasteiger partial charge in [0.15, 0.2) is 0 Å². The van der Waals surface area contributed by atoms with Crippen LogP contribution in [0.5, 0.6) is 0 Å². The number of hydrogen-bond acceptors (Lipinski definition) is 4. The average Bonchev–Trinajstić information content (AvgIpc) is 2.40. The lowest BCUT2D eigenvalue weighted by Gasteiger charge is -2.24. The van der Waals surface area contributed by atoms with Crippen LogP contribution >= 0.6 is 0 Å². The first kappa shape index (κ1) is 15.8. The fourth-order valence-electron chi connectivity index (χ4n) is 1.96. The second kappa shape index (κ2) is 6.79. The highest BCUT2D eigenvalue weighted by Gasteiger charge is 2.16. The van der Waals surface area contributed by atoms with Gasteiger partial charge in [0, 0.05) is 25.0 Å².